The van der Waals surface area contributed by atoms with E-state index in [1.807, 2.05) is 12.1 Å². The number of H-pyrrole nitrogens is 1. The van der Waals surface area contributed by atoms with E-state index in [0.717, 1.165) is 22.2 Å². The summed E-state index contributed by atoms with van der Waals surface area (Å²) in [7, 11) is 0. The lowest BCUT2D eigenvalue weighted by atomic mass is 9.98. The van der Waals surface area contributed by atoms with Gasteiger partial charge >= 0.3 is 0 Å². The average molecular weight is 278 g/mol. The molecular formula is C16H11FN4. The molecular weight excluding hydrogens is 267 g/mol. The third kappa shape index (κ3) is 1.82. The molecule has 4 nitrogen and oxygen atoms in total. The summed E-state index contributed by atoms with van der Waals surface area (Å²) in [5, 5.41) is 11.1. The molecule has 1 aromatic heterocycles. The van der Waals surface area contributed by atoms with Crippen LogP contribution in [0.5, 0.6) is 0 Å². The first-order valence-corrected chi connectivity index (χ1v) is 6.55. The quantitative estimate of drug-likeness (QED) is 0.716. The molecule has 3 aromatic rings. The molecule has 0 atom stereocenters. The molecule has 0 amide bonds. The summed E-state index contributed by atoms with van der Waals surface area (Å²) < 4.78 is 14.1. The van der Waals surface area contributed by atoms with Crippen molar-refractivity contribution in [2.24, 2.45) is 4.99 Å². The van der Waals surface area contributed by atoms with E-state index in [1.165, 1.54) is 6.07 Å². The molecule has 0 unspecified atom stereocenters. The van der Waals surface area contributed by atoms with Crippen LogP contribution in [0.15, 0.2) is 60.0 Å². The summed E-state index contributed by atoms with van der Waals surface area (Å²) in [4.78, 5) is 4.39. The highest BCUT2D eigenvalue weighted by Crippen LogP contribution is 2.30. The second kappa shape index (κ2) is 4.56. The molecule has 102 valence electrons. The first-order valence-electron chi connectivity index (χ1n) is 6.55. The number of aromatic nitrogens is 2. The van der Waals surface area contributed by atoms with Crippen molar-refractivity contribution in [2.45, 2.75) is 0 Å². The molecule has 1 aliphatic heterocycles. The van der Waals surface area contributed by atoms with Crippen molar-refractivity contribution < 1.29 is 4.39 Å². The van der Waals surface area contributed by atoms with Gasteiger partial charge in [-0.2, -0.15) is 5.10 Å². The molecule has 0 fully saturated rings. The molecule has 2 N–H and O–H groups in total. The van der Waals surface area contributed by atoms with Gasteiger partial charge in [-0.25, -0.2) is 4.39 Å². The molecule has 0 saturated carbocycles. The summed E-state index contributed by atoms with van der Waals surface area (Å²) in [6.45, 7) is 0. The lowest BCUT2D eigenvalue weighted by molar-refractivity contribution is 0.625. The van der Waals surface area contributed by atoms with E-state index in [2.05, 4.69) is 20.5 Å². The third-order valence-electron chi connectivity index (χ3n) is 3.51. The van der Waals surface area contributed by atoms with Crippen LogP contribution in [-0.2, 0) is 0 Å². The molecule has 0 saturated heterocycles. The molecule has 0 bridgehead atoms. The summed E-state index contributed by atoms with van der Waals surface area (Å²) in [6.07, 6.45) is 5.12. The Hall–Kier alpha value is -2.95. The number of nitrogens with one attached hydrogen (secondary N) is 2. The molecule has 4 rings (SSSR count). The van der Waals surface area contributed by atoms with Gasteiger partial charge in [0.05, 0.1) is 23.1 Å². The van der Waals surface area contributed by atoms with Gasteiger partial charge in [-0.1, -0.05) is 12.1 Å². The average Bonchev–Trinajstić information content (AvgIpc) is 2.88. The van der Waals surface area contributed by atoms with Crippen molar-refractivity contribution in [3.05, 3.63) is 71.9 Å². The van der Waals surface area contributed by atoms with Gasteiger partial charge in [0.1, 0.15) is 5.82 Å². The zero-order valence-electron chi connectivity index (χ0n) is 11.0. The Bertz CT molecular complexity index is 892. The van der Waals surface area contributed by atoms with Crippen LogP contribution in [0.4, 0.5) is 10.1 Å². The predicted molar refractivity (Wildman–Crippen MR) is 80.9 cm³/mol. The van der Waals surface area contributed by atoms with E-state index in [9.17, 15) is 4.39 Å². The van der Waals surface area contributed by atoms with Crippen LogP contribution in [0.25, 0.3) is 10.9 Å². The van der Waals surface area contributed by atoms with Gasteiger partial charge in [0.2, 0.25) is 0 Å². The minimum atomic E-state index is -0.287. The molecule has 2 aromatic carbocycles. The van der Waals surface area contributed by atoms with Gasteiger partial charge in [-0.15, -0.1) is 0 Å². The van der Waals surface area contributed by atoms with Gasteiger partial charge in [0.15, 0.2) is 0 Å². The minimum Gasteiger partial charge on any atom is -0.359 e. The number of halogens is 1. The number of fused-ring (bicyclic) bond motifs is 3. The second-order valence-electron chi connectivity index (χ2n) is 4.74. The molecule has 0 spiro atoms. The number of benzene rings is 2. The number of aromatic amines is 1. The van der Waals surface area contributed by atoms with E-state index in [4.69, 9.17) is 0 Å². The zero-order valence-corrected chi connectivity index (χ0v) is 11.0. The number of hydrogen-bond donors (Lipinski definition) is 2. The molecule has 2 heterocycles. The van der Waals surface area contributed by atoms with Crippen molar-refractivity contribution in [3.8, 4) is 0 Å². The van der Waals surface area contributed by atoms with Gasteiger partial charge in [0.25, 0.3) is 0 Å². The summed E-state index contributed by atoms with van der Waals surface area (Å²) in [5.74, 6) is -0.287. The molecule has 0 aliphatic carbocycles. The fraction of sp³-hybridized carbons (Fsp3) is 0. The van der Waals surface area contributed by atoms with E-state index >= 15 is 0 Å². The third-order valence-corrected chi connectivity index (χ3v) is 3.51. The number of rotatable bonds is 1. The highest BCUT2D eigenvalue weighted by molar-refractivity contribution is 6.19. The second-order valence-corrected chi connectivity index (χ2v) is 4.74. The first kappa shape index (κ1) is 11.8. The van der Waals surface area contributed by atoms with Crippen LogP contribution in [0.1, 0.15) is 11.1 Å². The van der Waals surface area contributed by atoms with E-state index < -0.39 is 0 Å². The van der Waals surface area contributed by atoms with Gasteiger partial charge in [-0.3, -0.25) is 10.1 Å². The predicted octanol–water partition coefficient (Wildman–Crippen LogP) is 3.44. The maximum Gasteiger partial charge on any atom is 0.132 e. The van der Waals surface area contributed by atoms with Crippen LogP contribution in [-0.4, -0.2) is 15.9 Å². The van der Waals surface area contributed by atoms with E-state index in [-0.39, 0.29) is 5.82 Å². The molecule has 0 radical (unpaired) electrons. The van der Waals surface area contributed by atoms with Crippen molar-refractivity contribution in [2.75, 3.05) is 5.32 Å². The maximum absolute atomic E-state index is 14.1. The normalized spacial score (nSPS) is 13.5. The van der Waals surface area contributed by atoms with Crippen molar-refractivity contribution in [1.82, 2.24) is 10.2 Å². The van der Waals surface area contributed by atoms with Crippen LogP contribution in [0, 0.1) is 5.82 Å². The topological polar surface area (TPSA) is 53.1 Å². The first-order chi connectivity index (χ1) is 10.3. The monoisotopic (exact) mass is 278 g/mol. The van der Waals surface area contributed by atoms with E-state index in [1.54, 1.807) is 36.8 Å². The van der Waals surface area contributed by atoms with Crippen molar-refractivity contribution in [1.29, 1.82) is 0 Å². The fourth-order valence-corrected chi connectivity index (χ4v) is 2.54. The SMILES string of the molecule is Fc1ccccc1C1=NC=CNc2c1ccc1[nH]ncc21. The summed E-state index contributed by atoms with van der Waals surface area (Å²) in [5.41, 5.74) is 3.72. The van der Waals surface area contributed by atoms with Crippen LogP contribution in [0.3, 0.4) is 0 Å². The van der Waals surface area contributed by atoms with Crippen LogP contribution in [0.2, 0.25) is 0 Å². The Labute approximate surface area is 120 Å². The largest absolute Gasteiger partial charge is 0.359 e. The van der Waals surface area contributed by atoms with E-state index in [0.29, 0.717) is 11.3 Å². The Kier molecular flexibility index (Phi) is 2.57. The number of anilines is 1. The van der Waals surface area contributed by atoms with Crippen molar-refractivity contribution in [3.63, 3.8) is 0 Å². The Morgan fingerprint density at radius 3 is 2.81 bits per heavy atom. The van der Waals surface area contributed by atoms with Crippen molar-refractivity contribution >= 4 is 22.3 Å². The Morgan fingerprint density at radius 1 is 1.00 bits per heavy atom. The van der Waals surface area contributed by atoms with Gasteiger partial charge in [-0.05, 0) is 24.3 Å². The number of nitrogens with zero attached hydrogens (tertiary/aromatic N) is 2. The highest BCUT2D eigenvalue weighted by Gasteiger charge is 2.18. The Morgan fingerprint density at radius 2 is 1.90 bits per heavy atom. The summed E-state index contributed by atoms with van der Waals surface area (Å²) >= 11 is 0. The fourth-order valence-electron chi connectivity index (χ4n) is 2.54. The smallest absolute Gasteiger partial charge is 0.132 e. The molecule has 5 heteroatoms. The molecule has 1 aliphatic rings. The summed E-state index contributed by atoms with van der Waals surface area (Å²) in [6, 6.07) is 10.5. The lowest BCUT2D eigenvalue weighted by Gasteiger charge is -2.11. The van der Waals surface area contributed by atoms with Gasteiger partial charge in [0, 0.05) is 28.9 Å². The van der Waals surface area contributed by atoms with Crippen LogP contribution < -0.4 is 5.32 Å². The zero-order chi connectivity index (χ0) is 14.2. The Balaban J connectivity index is 2.01. The number of aliphatic imine (C=N–C) groups is 1. The lowest BCUT2D eigenvalue weighted by Crippen LogP contribution is -2.07. The van der Waals surface area contributed by atoms with Gasteiger partial charge < -0.3 is 5.32 Å². The number of hydrogen-bond acceptors (Lipinski definition) is 3. The highest BCUT2D eigenvalue weighted by atomic mass is 19.1. The van der Waals surface area contributed by atoms with Crippen LogP contribution >= 0.6 is 0 Å². The maximum atomic E-state index is 14.1. The standard InChI is InChI=1S/C16H11FN4/c17-13-4-2-1-3-10(13)15-11-5-6-14-12(9-20-21-14)16(11)19-8-7-18-15/h1-9,19H,(H,20,21). The minimum absolute atomic E-state index is 0.287. The molecule has 21 heavy (non-hydrogen) atoms.